The van der Waals surface area contributed by atoms with Gasteiger partial charge in [0.2, 0.25) is 6.79 Å². The van der Waals surface area contributed by atoms with Crippen LogP contribution in [0.4, 0.5) is 5.82 Å². The Bertz CT molecular complexity index is 1440. The summed E-state index contributed by atoms with van der Waals surface area (Å²) in [5.74, 6) is 2.30. The molecule has 2 aromatic carbocycles. The van der Waals surface area contributed by atoms with E-state index in [9.17, 15) is 4.79 Å². The van der Waals surface area contributed by atoms with Crippen molar-refractivity contribution in [2.24, 2.45) is 0 Å². The summed E-state index contributed by atoms with van der Waals surface area (Å²) in [6, 6.07) is 17.2. The Morgan fingerprint density at radius 1 is 0.971 bits per heavy atom. The summed E-state index contributed by atoms with van der Waals surface area (Å²) in [6.07, 6.45) is 1.79. The van der Waals surface area contributed by atoms with Gasteiger partial charge in [0, 0.05) is 48.3 Å². The summed E-state index contributed by atoms with van der Waals surface area (Å²) in [6.45, 7) is 4.82. The van der Waals surface area contributed by atoms with Crippen molar-refractivity contribution in [2.75, 3.05) is 37.9 Å². The second-order valence-electron chi connectivity index (χ2n) is 8.66. The molecule has 8 heteroatoms. The van der Waals surface area contributed by atoms with E-state index < -0.39 is 0 Å². The highest BCUT2D eigenvalue weighted by Crippen LogP contribution is 2.37. The molecule has 0 bridgehead atoms. The van der Waals surface area contributed by atoms with E-state index in [4.69, 9.17) is 26.1 Å². The SMILES string of the molecule is Cc1c(Cl)ccc2c(C(=O)N3CCN(c4ccccn4)CC3)cc(-c3ccc4c(c3)OCO4)nc12. The van der Waals surface area contributed by atoms with Crippen LogP contribution >= 0.6 is 11.6 Å². The lowest BCUT2D eigenvalue weighted by Crippen LogP contribution is -2.49. The summed E-state index contributed by atoms with van der Waals surface area (Å²) in [4.78, 5) is 27.3. The Morgan fingerprint density at radius 2 is 1.80 bits per heavy atom. The molecule has 6 rings (SSSR count). The Morgan fingerprint density at radius 3 is 2.60 bits per heavy atom. The van der Waals surface area contributed by atoms with Crippen molar-refractivity contribution in [3.63, 3.8) is 0 Å². The van der Waals surface area contributed by atoms with Gasteiger partial charge in [-0.1, -0.05) is 23.7 Å². The third kappa shape index (κ3) is 3.91. The van der Waals surface area contributed by atoms with Crippen LogP contribution in [0.3, 0.4) is 0 Å². The molecule has 2 aromatic heterocycles. The largest absolute Gasteiger partial charge is 0.454 e. The van der Waals surface area contributed by atoms with E-state index in [0.29, 0.717) is 40.9 Å². The summed E-state index contributed by atoms with van der Waals surface area (Å²) >= 11 is 6.43. The number of carbonyl (C=O) groups is 1. The number of amides is 1. The number of ether oxygens (including phenoxy) is 2. The van der Waals surface area contributed by atoms with Crippen LogP contribution < -0.4 is 14.4 Å². The normalized spacial score (nSPS) is 15.0. The highest BCUT2D eigenvalue weighted by molar-refractivity contribution is 6.32. The van der Waals surface area contributed by atoms with E-state index in [1.807, 2.05) is 66.4 Å². The number of hydrogen-bond donors (Lipinski definition) is 0. The van der Waals surface area contributed by atoms with E-state index in [-0.39, 0.29) is 12.7 Å². The predicted molar refractivity (Wildman–Crippen MR) is 135 cm³/mol. The zero-order valence-electron chi connectivity index (χ0n) is 19.2. The van der Waals surface area contributed by atoms with Gasteiger partial charge < -0.3 is 19.3 Å². The lowest BCUT2D eigenvalue weighted by atomic mass is 10.0. The van der Waals surface area contributed by atoms with Crippen LogP contribution in [0.5, 0.6) is 11.5 Å². The predicted octanol–water partition coefficient (Wildman–Crippen LogP) is 4.95. The molecule has 2 aliphatic rings. The standard InChI is InChI=1S/C27H23ClN4O3/c1-17-21(28)7-6-19-20(27(33)32-12-10-31(11-13-32)25-4-2-3-9-29-25)15-22(30-26(17)19)18-5-8-23-24(14-18)35-16-34-23/h2-9,14-15H,10-13,16H2,1H3. The molecule has 35 heavy (non-hydrogen) atoms. The molecule has 1 fully saturated rings. The number of benzene rings is 2. The molecule has 0 radical (unpaired) electrons. The van der Waals surface area contributed by atoms with E-state index in [1.54, 1.807) is 6.20 Å². The van der Waals surface area contributed by atoms with Crippen LogP contribution in [-0.2, 0) is 0 Å². The van der Waals surface area contributed by atoms with Crippen LogP contribution in [0.25, 0.3) is 22.2 Å². The molecule has 2 aliphatic heterocycles. The zero-order valence-corrected chi connectivity index (χ0v) is 20.0. The average Bonchev–Trinajstić information content (AvgIpc) is 3.38. The van der Waals surface area contributed by atoms with Crippen molar-refractivity contribution in [1.82, 2.24) is 14.9 Å². The van der Waals surface area contributed by atoms with E-state index in [0.717, 1.165) is 40.9 Å². The van der Waals surface area contributed by atoms with Crippen molar-refractivity contribution in [3.8, 4) is 22.8 Å². The van der Waals surface area contributed by atoms with Gasteiger partial charge in [-0.15, -0.1) is 0 Å². The minimum Gasteiger partial charge on any atom is -0.454 e. The summed E-state index contributed by atoms with van der Waals surface area (Å²) in [5.41, 5.74) is 3.74. The van der Waals surface area contributed by atoms with Gasteiger partial charge in [-0.3, -0.25) is 4.79 Å². The van der Waals surface area contributed by atoms with Crippen molar-refractivity contribution >= 4 is 34.2 Å². The fraction of sp³-hybridized carbons (Fsp3) is 0.222. The number of fused-ring (bicyclic) bond motifs is 2. The average molecular weight is 487 g/mol. The molecule has 0 aliphatic carbocycles. The van der Waals surface area contributed by atoms with Crippen LogP contribution in [0.1, 0.15) is 15.9 Å². The first-order valence-electron chi connectivity index (χ1n) is 11.5. The van der Waals surface area contributed by atoms with Crippen LogP contribution in [-0.4, -0.2) is 53.7 Å². The summed E-state index contributed by atoms with van der Waals surface area (Å²) < 4.78 is 11.0. The molecule has 0 spiro atoms. The fourth-order valence-corrected chi connectivity index (χ4v) is 4.79. The first-order valence-corrected chi connectivity index (χ1v) is 11.9. The monoisotopic (exact) mass is 486 g/mol. The van der Waals surface area contributed by atoms with Gasteiger partial charge >= 0.3 is 0 Å². The number of carbonyl (C=O) groups excluding carboxylic acids is 1. The molecule has 4 aromatic rings. The third-order valence-corrected chi connectivity index (χ3v) is 7.02. The lowest BCUT2D eigenvalue weighted by Gasteiger charge is -2.35. The number of hydrogen-bond acceptors (Lipinski definition) is 6. The molecule has 4 heterocycles. The van der Waals surface area contributed by atoms with Crippen LogP contribution in [0, 0.1) is 6.92 Å². The molecular formula is C27H23ClN4O3. The number of nitrogens with zero attached hydrogens (tertiary/aromatic N) is 4. The minimum absolute atomic E-state index is 0.0122. The summed E-state index contributed by atoms with van der Waals surface area (Å²) in [5, 5.41) is 1.42. The maximum absolute atomic E-state index is 13.8. The number of halogens is 1. The Balaban J connectivity index is 1.37. The highest BCUT2D eigenvalue weighted by atomic mass is 35.5. The smallest absolute Gasteiger partial charge is 0.254 e. The quantitative estimate of drug-likeness (QED) is 0.408. The van der Waals surface area contributed by atoms with Gasteiger partial charge in [-0.2, -0.15) is 0 Å². The minimum atomic E-state index is -0.0122. The van der Waals surface area contributed by atoms with Crippen LogP contribution in [0.15, 0.2) is 60.8 Å². The Hall–Kier alpha value is -3.84. The second kappa shape index (κ2) is 8.74. The molecule has 1 amide bonds. The third-order valence-electron chi connectivity index (χ3n) is 6.61. The van der Waals surface area contributed by atoms with E-state index in [2.05, 4.69) is 9.88 Å². The number of aryl methyl sites for hydroxylation is 1. The lowest BCUT2D eigenvalue weighted by molar-refractivity contribution is 0.0748. The van der Waals surface area contributed by atoms with Gasteiger partial charge in [0.25, 0.3) is 5.91 Å². The maximum atomic E-state index is 13.8. The molecule has 7 nitrogen and oxygen atoms in total. The molecular weight excluding hydrogens is 464 g/mol. The number of aromatic nitrogens is 2. The van der Waals surface area contributed by atoms with Crippen molar-refractivity contribution < 1.29 is 14.3 Å². The van der Waals surface area contributed by atoms with E-state index in [1.165, 1.54) is 0 Å². The number of anilines is 1. The van der Waals surface area contributed by atoms with Gasteiger partial charge in [0.1, 0.15) is 5.82 Å². The molecule has 0 unspecified atom stereocenters. The van der Waals surface area contributed by atoms with Gasteiger partial charge in [0.15, 0.2) is 11.5 Å². The highest BCUT2D eigenvalue weighted by Gasteiger charge is 2.26. The first kappa shape index (κ1) is 21.7. The first-order chi connectivity index (χ1) is 17.1. The molecule has 0 N–H and O–H groups in total. The van der Waals surface area contributed by atoms with Gasteiger partial charge in [-0.25, -0.2) is 9.97 Å². The molecule has 0 atom stereocenters. The van der Waals surface area contributed by atoms with Crippen molar-refractivity contribution in [2.45, 2.75) is 6.92 Å². The number of pyridine rings is 2. The van der Waals surface area contributed by atoms with Crippen LogP contribution in [0.2, 0.25) is 5.02 Å². The Labute approximate surface area is 207 Å². The zero-order chi connectivity index (χ0) is 23.9. The van der Waals surface area contributed by atoms with Gasteiger partial charge in [-0.05, 0) is 55.0 Å². The van der Waals surface area contributed by atoms with Crippen molar-refractivity contribution in [3.05, 3.63) is 76.9 Å². The molecule has 1 saturated heterocycles. The second-order valence-corrected chi connectivity index (χ2v) is 9.07. The Kier molecular flexibility index (Phi) is 5.41. The molecule has 0 saturated carbocycles. The topological polar surface area (TPSA) is 67.8 Å². The number of rotatable bonds is 3. The number of piperazine rings is 1. The van der Waals surface area contributed by atoms with E-state index >= 15 is 0 Å². The fourth-order valence-electron chi connectivity index (χ4n) is 4.63. The van der Waals surface area contributed by atoms with Gasteiger partial charge in [0.05, 0.1) is 16.8 Å². The summed E-state index contributed by atoms with van der Waals surface area (Å²) in [7, 11) is 0. The molecule has 176 valence electrons. The maximum Gasteiger partial charge on any atom is 0.254 e. The van der Waals surface area contributed by atoms with Crippen molar-refractivity contribution in [1.29, 1.82) is 0 Å².